The van der Waals surface area contributed by atoms with E-state index in [9.17, 15) is 4.79 Å². The Morgan fingerprint density at radius 2 is 1.97 bits per heavy atom. The zero-order chi connectivity index (χ0) is 20.2. The van der Waals surface area contributed by atoms with Crippen molar-refractivity contribution >= 4 is 17.4 Å². The van der Waals surface area contributed by atoms with E-state index >= 15 is 0 Å². The summed E-state index contributed by atoms with van der Waals surface area (Å²) in [7, 11) is 1.61. The van der Waals surface area contributed by atoms with Crippen LogP contribution in [0.1, 0.15) is 21.6 Å². The van der Waals surface area contributed by atoms with Crippen molar-refractivity contribution in [3.63, 3.8) is 0 Å². The number of fused-ring (bicyclic) bond motifs is 1. The van der Waals surface area contributed by atoms with Crippen LogP contribution < -0.4 is 24.8 Å². The Balaban J connectivity index is 1.38. The van der Waals surface area contributed by atoms with Crippen molar-refractivity contribution in [2.45, 2.75) is 13.5 Å². The topological polar surface area (TPSA) is 94.6 Å². The number of anilines is 2. The van der Waals surface area contributed by atoms with Crippen LogP contribution in [0.3, 0.4) is 0 Å². The Hall–Kier alpha value is -3.81. The standard InChI is InChI=1S/C21H20N4O4/c1-13-3-5-17(27-2)15(7-13)25-20-11-22-16(10-23-20)21(26)24-9-14-4-6-18-19(8-14)29-12-28-18/h3-8,10-11H,9,12H2,1-2H3,(H,23,25)(H,24,26). The van der Waals surface area contributed by atoms with E-state index in [2.05, 4.69) is 20.6 Å². The lowest BCUT2D eigenvalue weighted by Gasteiger charge is -2.11. The van der Waals surface area contributed by atoms with Gasteiger partial charge in [0.25, 0.3) is 5.91 Å². The second-order valence-corrected chi connectivity index (χ2v) is 6.49. The summed E-state index contributed by atoms with van der Waals surface area (Å²) in [6, 6.07) is 11.3. The molecule has 29 heavy (non-hydrogen) atoms. The summed E-state index contributed by atoms with van der Waals surface area (Å²) >= 11 is 0. The van der Waals surface area contributed by atoms with Gasteiger partial charge >= 0.3 is 0 Å². The van der Waals surface area contributed by atoms with Gasteiger partial charge in [0.2, 0.25) is 6.79 Å². The van der Waals surface area contributed by atoms with Crippen LogP contribution in [0.2, 0.25) is 0 Å². The quantitative estimate of drug-likeness (QED) is 0.665. The van der Waals surface area contributed by atoms with E-state index in [0.717, 1.165) is 16.8 Å². The Kier molecular flexibility index (Phi) is 5.15. The van der Waals surface area contributed by atoms with Crippen molar-refractivity contribution in [3.8, 4) is 17.2 Å². The van der Waals surface area contributed by atoms with Crippen LogP contribution in [0.15, 0.2) is 48.8 Å². The van der Waals surface area contributed by atoms with Crippen LogP contribution in [0.5, 0.6) is 17.2 Å². The van der Waals surface area contributed by atoms with Gasteiger partial charge in [-0.25, -0.2) is 9.97 Å². The molecule has 1 amide bonds. The number of hydrogen-bond acceptors (Lipinski definition) is 7. The SMILES string of the molecule is COc1ccc(C)cc1Nc1cnc(C(=O)NCc2ccc3c(c2)OCO3)cn1. The lowest BCUT2D eigenvalue weighted by molar-refractivity contribution is 0.0945. The molecule has 1 aliphatic rings. The van der Waals surface area contributed by atoms with Gasteiger partial charge in [-0.2, -0.15) is 0 Å². The highest BCUT2D eigenvalue weighted by atomic mass is 16.7. The van der Waals surface area contributed by atoms with Gasteiger partial charge in [0.15, 0.2) is 11.5 Å². The summed E-state index contributed by atoms with van der Waals surface area (Å²) in [5, 5.41) is 5.98. The number of ether oxygens (including phenoxy) is 3. The third kappa shape index (κ3) is 4.21. The molecular weight excluding hydrogens is 372 g/mol. The summed E-state index contributed by atoms with van der Waals surface area (Å²) in [5.41, 5.74) is 3.00. The summed E-state index contributed by atoms with van der Waals surface area (Å²) in [6.07, 6.45) is 2.94. The second-order valence-electron chi connectivity index (χ2n) is 6.49. The highest BCUT2D eigenvalue weighted by Crippen LogP contribution is 2.32. The first-order valence-corrected chi connectivity index (χ1v) is 9.03. The van der Waals surface area contributed by atoms with Gasteiger partial charge < -0.3 is 24.8 Å². The molecule has 0 aliphatic carbocycles. The van der Waals surface area contributed by atoms with Crippen LogP contribution in [0.4, 0.5) is 11.5 Å². The molecule has 4 rings (SSSR count). The lowest BCUT2D eigenvalue weighted by atomic mass is 10.2. The Bertz CT molecular complexity index is 1040. The van der Waals surface area contributed by atoms with Crippen molar-refractivity contribution in [3.05, 3.63) is 65.6 Å². The van der Waals surface area contributed by atoms with E-state index in [-0.39, 0.29) is 18.4 Å². The molecule has 0 atom stereocenters. The number of aryl methyl sites for hydroxylation is 1. The molecule has 1 aliphatic heterocycles. The predicted molar refractivity (Wildman–Crippen MR) is 107 cm³/mol. The Morgan fingerprint density at radius 3 is 2.76 bits per heavy atom. The molecule has 0 spiro atoms. The fourth-order valence-corrected chi connectivity index (χ4v) is 2.89. The smallest absolute Gasteiger partial charge is 0.271 e. The Morgan fingerprint density at radius 1 is 1.10 bits per heavy atom. The van der Waals surface area contributed by atoms with Gasteiger partial charge in [0.1, 0.15) is 17.3 Å². The maximum atomic E-state index is 12.4. The minimum Gasteiger partial charge on any atom is -0.495 e. The lowest BCUT2D eigenvalue weighted by Crippen LogP contribution is -2.24. The summed E-state index contributed by atoms with van der Waals surface area (Å²) in [5.74, 6) is 2.29. The highest BCUT2D eigenvalue weighted by molar-refractivity contribution is 5.92. The second kappa shape index (κ2) is 8.05. The van der Waals surface area contributed by atoms with Gasteiger partial charge in [0, 0.05) is 6.54 Å². The molecule has 0 unspecified atom stereocenters. The minimum absolute atomic E-state index is 0.218. The van der Waals surface area contributed by atoms with Crippen LogP contribution in [0, 0.1) is 6.92 Å². The van der Waals surface area contributed by atoms with Crippen LogP contribution in [0.25, 0.3) is 0 Å². The van der Waals surface area contributed by atoms with E-state index in [0.29, 0.717) is 29.6 Å². The molecule has 148 valence electrons. The maximum absolute atomic E-state index is 12.4. The first-order valence-electron chi connectivity index (χ1n) is 9.03. The van der Waals surface area contributed by atoms with Gasteiger partial charge in [0.05, 0.1) is 25.2 Å². The zero-order valence-corrected chi connectivity index (χ0v) is 16.1. The normalized spacial score (nSPS) is 11.8. The molecule has 2 aromatic carbocycles. The number of carbonyl (C=O) groups excluding carboxylic acids is 1. The largest absolute Gasteiger partial charge is 0.495 e. The highest BCUT2D eigenvalue weighted by Gasteiger charge is 2.14. The van der Waals surface area contributed by atoms with E-state index in [1.54, 1.807) is 7.11 Å². The third-order valence-electron chi connectivity index (χ3n) is 4.39. The molecule has 3 aromatic rings. The number of amides is 1. The molecule has 0 radical (unpaired) electrons. The summed E-state index contributed by atoms with van der Waals surface area (Å²) < 4.78 is 16.0. The van der Waals surface area contributed by atoms with Crippen molar-refractivity contribution in [1.29, 1.82) is 0 Å². The van der Waals surface area contributed by atoms with Crippen molar-refractivity contribution in [2.75, 3.05) is 19.2 Å². The zero-order valence-electron chi connectivity index (χ0n) is 16.1. The molecule has 1 aromatic heterocycles. The fourth-order valence-electron chi connectivity index (χ4n) is 2.89. The van der Waals surface area contributed by atoms with Crippen LogP contribution >= 0.6 is 0 Å². The van der Waals surface area contributed by atoms with E-state index in [1.807, 2.05) is 43.3 Å². The number of nitrogens with zero attached hydrogens (tertiary/aromatic N) is 2. The number of benzene rings is 2. The molecule has 0 bridgehead atoms. The van der Waals surface area contributed by atoms with E-state index in [1.165, 1.54) is 12.4 Å². The first kappa shape index (κ1) is 18.5. The molecule has 2 heterocycles. The molecule has 2 N–H and O–H groups in total. The summed E-state index contributed by atoms with van der Waals surface area (Å²) in [4.78, 5) is 20.8. The Labute approximate surface area is 167 Å². The van der Waals surface area contributed by atoms with Crippen molar-refractivity contribution < 1.29 is 19.0 Å². The predicted octanol–water partition coefficient (Wildman–Crippen LogP) is 3.20. The molecule has 0 saturated carbocycles. The number of hydrogen-bond donors (Lipinski definition) is 2. The average Bonchev–Trinajstić information content (AvgIpc) is 3.21. The third-order valence-corrected chi connectivity index (χ3v) is 4.39. The van der Waals surface area contributed by atoms with E-state index in [4.69, 9.17) is 14.2 Å². The summed E-state index contributed by atoms with van der Waals surface area (Å²) in [6.45, 7) is 2.55. The number of nitrogens with one attached hydrogen (secondary N) is 2. The van der Waals surface area contributed by atoms with Gasteiger partial charge in [-0.05, 0) is 42.3 Å². The first-order chi connectivity index (χ1) is 14.1. The van der Waals surface area contributed by atoms with Gasteiger partial charge in [-0.15, -0.1) is 0 Å². The number of methoxy groups -OCH3 is 1. The van der Waals surface area contributed by atoms with Crippen LogP contribution in [-0.4, -0.2) is 29.8 Å². The average molecular weight is 392 g/mol. The molecule has 8 nitrogen and oxygen atoms in total. The molecule has 0 fully saturated rings. The minimum atomic E-state index is -0.310. The molecular formula is C21H20N4O4. The van der Waals surface area contributed by atoms with Gasteiger partial charge in [-0.1, -0.05) is 12.1 Å². The van der Waals surface area contributed by atoms with Crippen LogP contribution in [-0.2, 0) is 6.54 Å². The van der Waals surface area contributed by atoms with Crippen molar-refractivity contribution in [1.82, 2.24) is 15.3 Å². The van der Waals surface area contributed by atoms with Gasteiger partial charge in [-0.3, -0.25) is 4.79 Å². The maximum Gasteiger partial charge on any atom is 0.271 e. The van der Waals surface area contributed by atoms with E-state index < -0.39 is 0 Å². The fraction of sp³-hybridized carbons (Fsp3) is 0.190. The van der Waals surface area contributed by atoms with Crippen molar-refractivity contribution in [2.24, 2.45) is 0 Å². The number of rotatable bonds is 6. The molecule has 8 heteroatoms. The monoisotopic (exact) mass is 392 g/mol. The number of aromatic nitrogens is 2. The number of carbonyl (C=O) groups is 1. The molecule has 0 saturated heterocycles.